The Balaban J connectivity index is 2.79. The van der Waals surface area contributed by atoms with Gasteiger partial charge in [0.1, 0.15) is 12.5 Å². The van der Waals surface area contributed by atoms with E-state index in [1.54, 1.807) is 31.2 Å². The van der Waals surface area contributed by atoms with Crippen molar-refractivity contribution in [3.63, 3.8) is 0 Å². The fraction of sp³-hybridized carbons (Fsp3) is 0.333. The van der Waals surface area contributed by atoms with Crippen LogP contribution in [0.2, 0.25) is 5.02 Å². The number of nitrogens with zero attached hydrogens (tertiary/aromatic N) is 1. The molecule has 1 aromatic rings. The zero-order valence-corrected chi connectivity index (χ0v) is 9.70. The Morgan fingerprint density at radius 1 is 1.50 bits per heavy atom. The lowest BCUT2D eigenvalue weighted by Gasteiger charge is -2.08. The topological polar surface area (TPSA) is 50.1 Å². The van der Waals surface area contributed by atoms with E-state index in [0.717, 1.165) is 0 Å². The summed E-state index contributed by atoms with van der Waals surface area (Å²) in [5, 5.41) is 9.54. The highest BCUT2D eigenvalue weighted by Crippen LogP contribution is 2.18. The molecule has 0 spiro atoms. The van der Waals surface area contributed by atoms with Crippen molar-refractivity contribution in [3.8, 4) is 6.07 Å². The first-order chi connectivity index (χ1) is 7.69. The highest BCUT2D eigenvalue weighted by molar-refractivity contribution is 6.30. The van der Waals surface area contributed by atoms with Gasteiger partial charge in [-0.3, -0.25) is 4.79 Å². The molecule has 0 amide bonds. The third-order valence-corrected chi connectivity index (χ3v) is 2.35. The lowest BCUT2D eigenvalue weighted by molar-refractivity contribution is -0.123. The van der Waals surface area contributed by atoms with E-state index < -0.39 is 5.92 Å². The summed E-state index contributed by atoms with van der Waals surface area (Å²) in [4.78, 5) is 11.6. The molecule has 4 heteroatoms. The molecule has 0 heterocycles. The Bertz CT molecular complexity index is 394. The summed E-state index contributed by atoms with van der Waals surface area (Å²) >= 11 is 5.73. The van der Waals surface area contributed by atoms with Crippen molar-refractivity contribution in [2.45, 2.75) is 12.8 Å². The van der Waals surface area contributed by atoms with E-state index in [4.69, 9.17) is 21.6 Å². The predicted octanol–water partition coefficient (Wildman–Crippen LogP) is 2.55. The second-order valence-corrected chi connectivity index (χ2v) is 3.65. The minimum Gasteiger partial charge on any atom is -0.374 e. The molecule has 0 aliphatic rings. The molecule has 0 radical (unpaired) electrons. The van der Waals surface area contributed by atoms with Gasteiger partial charge in [0.15, 0.2) is 5.78 Å². The Morgan fingerprint density at radius 3 is 2.62 bits per heavy atom. The van der Waals surface area contributed by atoms with Crippen molar-refractivity contribution < 1.29 is 9.53 Å². The van der Waals surface area contributed by atoms with E-state index in [9.17, 15) is 4.79 Å². The second-order valence-electron chi connectivity index (χ2n) is 3.22. The van der Waals surface area contributed by atoms with Gasteiger partial charge in [0.25, 0.3) is 0 Å². The molecule has 84 valence electrons. The fourth-order valence-electron chi connectivity index (χ4n) is 1.27. The van der Waals surface area contributed by atoms with Gasteiger partial charge in [0.2, 0.25) is 0 Å². The molecule has 0 saturated carbocycles. The summed E-state index contributed by atoms with van der Waals surface area (Å²) in [7, 11) is 0. The maximum Gasteiger partial charge on any atom is 0.179 e. The van der Waals surface area contributed by atoms with E-state index in [1.807, 2.05) is 6.07 Å². The maximum absolute atomic E-state index is 11.6. The highest BCUT2D eigenvalue weighted by atomic mass is 35.5. The Hall–Kier alpha value is -1.37. The summed E-state index contributed by atoms with van der Waals surface area (Å²) in [6.45, 7) is 2.23. The van der Waals surface area contributed by atoms with Gasteiger partial charge in [-0.1, -0.05) is 23.7 Å². The number of rotatable bonds is 5. The first-order valence-electron chi connectivity index (χ1n) is 4.94. The van der Waals surface area contributed by atoms with Gasteiger partial charge in [0.05, 0.1) is 6.07 Å². The van der Waals surface area contributed by atoms with Gasteiger partial charge in [-0.15, -0.1) is 0 Å². The summed E-state index contributed by atoms with van der Waals surface area (Å²) in [5.41, 5.74) is 0.650. The summed E-state index contributed by atoms with van der Waals surface area (Å²) in [6, 6.07) is 8.66. The molecule has 0 fully saturated rings. The Labute approximate surface area is 99.6 Å². The molecule has 0 aliphatic heterocycles. The Morgan fingerprint density at radius 2 is 2.12 bits per heavy atom. The second kappa shape index (κ2) is 6.26. The molecule has 0 bridgehead atoms. The summed E-state index contributed by atoms with van der Waals surface area (Å²) in [6.07, 6.45) is 0. The van der Waals surface area contributed by atoms with Crippen LogP contribution < -0.4 is 0 Å². The molecular weight excluding hydrogens is 226 g/mol. The smallest absolute Gasteiger partial charge is 0.179 e. The molecule has 0 aromatic heterocycles. The monoisotopic (exact) mass is 237 g/mol. The minimum atomic E-state index is -0.774. The number of halogens is 1. The van der Waals surface area contributed by atoms with Crippen molar-refractivity contribution in [2.24, 2.45) is 0 Å². The van der Waals surface area contributed by atoms with Gasteiger partial charge in [-0.25, -0.2) is 0 Å². The molecule has 0 aliphatic carbocycles. The maximum atomic E-state index is 11.6. The summed E-state index contributed by atoms with van der Waals surface area (Å²) in [5.74, 6) is -1.00. The average molecular weight is 238 g/mol. The van der Waals surface area contributed by atoms with Crippen LogP contribution in [0.25, 0.3) is 0 Å². The number of hydrogen-bond acceptors (Lipinski definition) is 3. The highest BCUT2D eigenvalue weighted by Gasteiger charge is 2.19. The van der Waals surface area contributed by atoms with Crippen molar-refractivity contribution in [1.82, 2.24) is 0 Å². The van der Waals surface area contributed by atoms with Crippen molar-refractivity contribution in [2.75, 3.05) is 13.2 Å². The van der Waals surface area contributed by atoms with Gasteiger partial charge >= 0.3 is 0 Å². The predicted molar refractivity (Wildman–Crippen MR) is 61.3 cm³/mol. The van der Waals surface area contributed by atoms with E-state index in [-0.39, 0.29) is 12.4 Å². The molecule has 0 saturated heterocycles. The number of carbonyl (C=O) groups excluding carboxylic acids is 1. The molecule has 3 nitrogen and oxygen atoms in total. The van der Waals surface area contributed by atoms with Crippen LogP contribution in [-0.2, 0) is 9.53 Å². The van der Waals surface area contributed by atoms with E-state index in [2.05, 4.69) is 0 Å². The van der Waals surface area contributed by atoms with Crippen LogP contribution in [0.5, 0.6) is 0 Å². The van der Waals surface area contributed by atoms with Crippen LogP contribution in [0.4, 0.5) is 0 Å². The SMILES string of the molecule is CCOCC(=O)[C@@H](C#N)c1ccc(Cl)cc1. The molecule has 1 rings (SSSR count). The first kappa shape index (κ1) is 12.7. The van der Waals surface area contributed by atoms with Crippen molar-refractivity contribution >= 4 is 17.4 Å². The standard InChI is InChI=1S/C12H12ClNO2/c1-2-16-8-12(15)11(7-14)9-3-5-10(13)6-4-9/h3-6,11H,2,8H2,1H3/t11-/m0/s1. The van der Waals surface area contributed by atoms with Crippen molar-refractivity contribution in [3.05, 3.63) is 34.9 Å². The number of nitriles is 1. The number of ether oxygens (including phenoxy) is 1. The summed E-state index contributed by atoms with van der Waals surface area (Å²) < 4.78 is 5.00. The number of ketones is 1. The van der Waals surface area contributed by atoms with Crippen LogP contribution in [0, 0.1) is 11.3 Å². The van der Waals surface area contributed by atoms with Crippen LogP contribution in [0.1, 0.15) is 18.4 Å². The lowest BCUT2D eigenvalue weighted by atomic mass is 9.97. The molecule has 0 unspecified atom stereocenters. The number of hydrogen-bond donors (Lipinski definition) is 0. The number of Topliss-reactive ketones (excluding diaryl/α,β-unsaturated/α-hetero) is 1. The van der Waals surface area contributed by atoms with Gasteiger partial charge in [0, 0.05) is 11.6 Å². The van der Waals surface area contributed by atoms with Crippen LogP contribution in [0.3, 0.4) is 0 Å². The first-order valence-corrected chi connectivity index (χ1v) is 5.32. The number of carbonyl (C=O) groups is 1. The minimum absolute atomic E-state index is 0.0304. The quantitative estimate of drug-likeness (QED) is 0.791. The van der Waals surface area contributed by atoms with Crippen molar-refractivity contribution in [1.29, 1.82) is 5.26 Å². The van der Waals surface area contributed by atoms with Gasteiger partial charge < -0.3 is 4.74 Å². The molecule has 16 heavy (non-hydrogen) atoms. The third kappa shape index (κ3) is 3.34. The zero-order valence-electron chi connectivity index (χ0n) is 8.94. The third-order valence-electron chi connectivity index (χ3n) is 2.10. The number of benzene rings is 1. The normalized spacial score (nSPS) is 11.8. The molecule has 1 aromatic carbocycles. The van der Waals surface area contributed by atoms with E-state index in [1.165, 1.54) is 0 Å². The fourth-order valence-corrected chi connectivity index (χ4v) is 1.40. The van der Waals surface area contributed by atoms with Crippen LogP contribution in [-0.4, -0.2) is 19.0 Å². The van der Waals surface area contributed by atoms with E-state index in [0.29, 0.717) is 17.2 Å². The van der Waals surface area contributed by atoms with Gasteiger partial charge in [-0.05, 0) is 24.6 Å². The lowest BCUT2D eigenvalue weighted by Crippen LogP contribution is -2.17. The van der Waals surface area contributed by atoms with E-state index >= 15 is 0 Å². The zero-order chi connectivity index (χ0) is 12.0. The largest absolute Gasteiger partial charge is 0.374 e. The molecule has 1 atom stereocenters. The van der Waals surface area contributed by atoms with Gasteiger partial charge in [-0.2, -0.15) is 5.26 Å². The Kier molecular flexibility index (Phi) is 4.97. The average Bonchev–Trinajstić information content (AvgIpc) is 2.30. The molecular formula is C12H12ClNO2. The molecule has 0 N–H and O–H groups in total. The van der Waals surface area contributed by atoms with Crippen LogP contribution in [0.15, 0.2) is 24.3 Å². The van der Waals surface area contributed by atoms with Crippen LogP contribution >= 0.6 is 11.6 Å².